The number of thioether (sulfide) groups is 1. The molecule has 0 aromatic carbocycles. The summed E-state index contributed by atoms with van der Waals surface area (Å²) in [6, 6.07) is 0. The molecule has 0 aromatic rings. The second-order valence-corrected chi connectivity index (χ2v) is 4.91. The number of aliphatic hydroxyl groups is 4. The van der Waals surface area contributed by atoms with Gasteiger partial charge in [-0.2, -0.15) is 11.8 Å². The molecule has 1 saturated heterocycles. The smallest absolute Gasteiger partial charge is 0.304 e. The van der Waals surface area contributed by atoms with Crippen molar-refractivity contribution in [2.75, 3.05) is 11.5 Å². The summed E-state index contributed by atoms with van der Waals surface area (Å²) in [7, 11) is 0. The van der Waals surface area contributed by atoms with Crippen molar-refractivity contribution in [3.63, 3.8) is 0 Å². The lowest BCUT2D eigenvalue weighted by Gasteiger charge is -2.38. The van der Waals surface area contributed by atoms with Crippen LogP contribution in [0.5, 0.6) is 0 Å². The molecule has 7 nitrogen and oxygen atoms in total. The van der Waals surface area contributed by atoms with E-state index in [1.807, 2.05) is 0 Å². The Hall–Kier alpha value is -0.380. The molecule has 0 bridgehead atoms. The zero-order valence-corrected chi connectivity index (χ0v) is 9.79. The maximum Gasteiger partial charge on any atom is 0.304 e. The fraction of sp³-hybridized carbons (Fsp3) is 0.889. The van der Waals surface area contributed by atoms with Crippen molar-refractivity contribution in [3.8, 4) is 0 Å². The van der Waals surface area contributed by atoms with Gasteiger partial charge in [0.05, 0.1) is 12.5 Å². The number of carboxylic acid groups (broad SMARTS) is 1. The second-order valence-electron chi connectivity index (χ2n) is 3.76. The summed E-state index contributed by atoms with van der Waals surface area (Å²) in [6.07, 6.45) is -6.69. The first-order valence-corrected chi connectivity index (χ1v) is 6.26. The third-order valence-electron chi connectivity index (χ3n) is 2.43. The molecule has 1 rings (SSSR count). The van der Waals surface area contributed by atoms with E-state index >= 15 is 0 Å². The zero-order chi connectivity index (χ0) is 13.0. The number of carboxylic acids is 1. The summed E-state index contributed by atoms with van der Waals surface area (Å²) in [6.45, 7) is 0. The first-order chi connectivity index (χ1) is 7.93. The molecule has 5 atom stereocenters. The summed E-state index contributed by atoms with van der Waals surface area (Å²) in [5.74, 6) is -0.343. The third kappa shape index (κ3) is 4.09. The molecule has 1 aliphatic rings. The van der Waals surface area contributed by atoms with Crippen LogP contribution in [0.3, 0.4) is 0 Å². The minimum absolute atomic E-state index is 0.0127. The minimum atomic E-state index is -1.54. The van der Waals surface area contributed by atoms with Gasteiger partial charge >= 0.3 is 5.97 Å². The Morgan fingerprint density at radius 2 is 1.76 bits per heavy atom. The van der Waals surface area contributed by atoms with Crippen LogP contribution >= 0.6 is 11.8 Å². The van der Waals surface area contributed by atoms with E-state index in [1.54, 1.807) is 0 Å². The van der Waals surface area contributed by atoms with Crippen molar-refractivity contribution in [2.45, 2.75) is 37.1 Å². The first-order valence-electron chi connectivity index (χ1n) is 5.10. The summed E-state index contributed by atoms with van der Waals surface area (Å²) in [4.78, 5) is 10.3. The number of rotatable bonds is 5. The molecule has 0 aliphatic carbocycles. The lowest BCUT2D eigenvalue weighted by atomic mass is 10.0. The number of aliphatic carboxylic acids is 1. The zero-order valence-electron chi connectivity index (χ0n) is 8.97. The minimum Gasteiger partial charge on any atom is -0.481 e. The van der Waals surface area contributed by atoms with Gasteiger partial charge in [0.15, 0.2) is 6.29 Å². The Kier molecular flexibility index (Phi) is 5.63. The first kappa shape index (κ1) is 14.7. The van der Waals surface area contributed by atoms with Crippen LogP contribution in [0.2, 0.25) is 0 Å². The SMILES string of the molecule is O=C(O)CCSCC1OC(O)C(O)C(O)C1O. The van der Waals surface area contributed by atoms with E-state index in [0.29, 0.717) is 5.75 Å². The Morgan fingerprint density at radius 3 is 2.35 bits per heavy atom. The lowest BCUT2D eigenvalue weighted by molar-refractivity contribution is -0.276. The molecule has 5 unspecified atom stereocenters. The van der Waals surface area contributed by atoms with Gasteiger partial charge in [-0.05, 0) is 0 Å². The van der Waals surface area contributed by atoms with Crippen LogP contribution in [-0.2, 0) is 9.53 Å². The number of hydrogen-bond acceptors (Lipinski definition) is 7. The van der Waals surface area contributed by atoms with Crippen molar-refractivity contribution in [1.82, 2.24) is 0 Å². The molecule has 5 N–H and O–H groups in total. The average molecular weight is 268 g/mol. The average Bonchev–Trinajstić information content (AvgIpc) is 2.27. The molecular weight excluding hydrogens is 252 g/mol. The molecule has 0 saturated carbocycles. The van der Waals surface area contributed by atoms with E-state index in [2.05, 4.69) is 0 Å². The molecule has 100 valence electrons. The summed E-state index contributed by atoms with van der Waals surface area (Å²) >= 11 is 1.23. The second kappa shape index (κ2) is 6.53. The molecule has 0 radical (unpaired) electrons. The highest BCUT2D eigenvalue weighted by atomic mass is 32.2. The van der Waals surface area contributed by atoms with Crippen molar-refractivity contribution in [1.29, 1.82) is 0 Å². The Morgan fingerprint density at radius 1 is 1.12 bits per heavy atom. The molecule has 1 fully saturated rings. The predicted octanol–water partition coefficient (Wildman–Crippen LogP) is -2.01. The van der Waals surface area contributed by atoms with Gasteiger partial charge in [0.2, 0.25) is 0 Å². The van der Waals surface area contributed by atoms with Crippen LogP contribution < -0.4 is 0 Å². The van der Waals surface area contributed by atoms with Crippen molar-refractivity contribution >= 4 is 17.7 Å². The standard InChI is InChI=1S/C9H16O7S/c10-5(11)1-2-17-3-4-6(12)7(13)8(14)9(15)16-4/h4,6-9,12-15H,1-3H2,(H,10,11). The van der Waals surface area contributed by atoms with Crippen LogP contribution in [0.15, 0.2) is 0 Å². The molecule has 1 aliphatic heterocycles. The number of aliphatic hydroxyl groups excluding tert-OH is 4. The highest BCUT2D eigenvalue weighted by Crippen LogP contribution is 2.22. The van der Waals surface area contributed by atoms with Gasteiger partial charge in [-0.25, -0.2) is 0 Å². The molecular formula is C9H16O7S. The van der Waals surface area contributed by atoms with Crippen LogP contribution in [0.25, 0.3) is 0 Å². The van der Waals surface area contributed by atoms with E-state index in [4.69, 9.17) is 9.84 Å². The van der Waals surface area contributed by atoms with E-state index < -0.39 is 36.7 Å². The maximum atomic E-state index is 10.3. The summed E-state index contributed by atoms with van der Waals surface area (Å²) < 4.78 is 4.92. The summed E-state index contributed by atoms with van der Waals surface area (Å²) in [5.41, 5.74) is 0. The van der Waals surface area contributed by atoms with Crippen molar-refractivity contribution in [2.24, 2.45) is 0 Å². The van der Waals surface area contributed by atoms with Gasteiger partial charge in [0, 0.05) is 11.5 Å². The van der Waals surface area contributed by atoms with Gasteiger partial charge in [-0.3, -0.25) is 4.79 Å². The quantitative estimate of drug-likeness (QED) is 0.362. The maximum absolute atomic E-state index is 10.3. The lowest BCUT2D eigenvalue weighted by Crippen LogP contribution is -2.58. The Bertz CT molecular complexity index is 262. The van der Waals surface area contributed by atoms with Crippen molar-refractivity contribution < 1.29 is 35.1 Å². The predicted molar refractivity (Wildman–Crippen MR) is 58.5 cm³/mol. The number of hydrogen-bond donors (Lipinski definition) is 5. The van der Waals surface area contributed by atoms with E-state index in [-0.39, 0.29) is 12.2 Å². The third-order valence-corrected chi connectivity index (χ3v) is 3.49. The molecule has 0 aromatic heterocycles. The van der Waals surface area contributed by atoms with Crippen LogP contribution in [-0.4, -0.2) is 73.7 Å². The molecule has 0 spiro atoms. The van der Waals surface area contributed by atoms with Crippen LogP contribution in [0.1, 0.15) is 6.42 Å². The number of carbonyl (C=O) groups is 1. The fourth-order valence-corrected chi connectivity index (χ4v) is 2.42. The van der Waals surface area contributed by atoms with E-state index in [1.165, 1.54) is 11.8 Å². The van der Waals surface area contributed by atoms with Gasteiger partial charge in [0.1, 0.15) is 18.3 Å². The van der Waals surface area contributed by atoms with Crippen LogP contribution in [0, 0.1) is 0 Å². The fourth-order valence-electron chi connectivity index (χ4n) is 1.43. The molecule has 0 amide bonds. The largest absolute Gasteiger partial charge is 0.481 e. The normalized spacial score (nSPS) is 38.0. The monoisotopic (exact) mass is 268 g/mol. The molecule has 1 heterocycles. The van der Waals surface area contributed by atoms with E-state index in [0.717, 1.165) is 0 Å². The van der Waals surface area contributed by atoms with Crippen LogP contribution in [0.4, 0.5) is 0 Å². The summed E-state index contributed by atoms with van der Waals surface area (Å²) in [5, 5.41) is 45.8. The van der Waals surface area contributed by atoms with Gasteiger partial charge < -0.3 is 30.3 Å². The highest BCUT2D eigenvalue weighted by molar-refractivity contribution is 7.99. The van der Waals surface area contributed by atoms with Gasteiger partial charge in [-0.15, -0.1) is 0 Å². The number of ether oxygens (including phenoxy) is 1. The highest BCUT2D eigenvalue weighted by Gasteiger charge is 2.42. The molecule has 8 heteroatoms. The van der Waals surface area contributed by atoms with Gasteiger partial charge in [0.25, 0.3) is 0 Å². The Balaban J connectivity index is 2.35. The molecule has 17 heavy (non-hydrogen) atoms. The van der Waals surface area contributed by atoms with Crippen molar-refractivity contribution in [3.05, 3.63) is 0 Å². The van der Waals surface area contributed by atoms with Gasteiger partial charge in [-0.1, -0.05) is 0 Å². The van der Waals surface area contributed by atoms with E-state index in [9.17, 15) is 25.2 Å². The Labute approximate surface area is 102 Å². The topological polar surface area (TPSA) is 127 Å².